The number of pyridine rings is 1. The molecule has 0 N–H and O–H groups in total. The lowest BCUT2D eigenvalue weighted by molar-refractivity contribution is 0.0961. The van der Waals surface area contributed by atoms with Gasteiger partial charge in [-0.15, -0.1) is 0 Å². The Balaban J connectivity index is 1.27. The third kappa shape index (κ3) is 5.62. The van der Waals surface area contributed by atoms with Gasteiger partial charge in [-0.2, -0.15) is 0 Å². The molecule has 2 aromatic carbocycles. The van der Waals surface area contributed by atoms with Crippen molar-refractivity contribution < 1.29 is 18.7 Å². The summed E-state index contributed by atoms with van der Waals surface area (Å²) in [6, 6.07) is 15.6. The second kappa shape index (κ2) is 10.6. The number of ketones is 1. The number of nitrogens with zero attached hydrogens (tertiary/aromatic N) is 2. The Kier molecular flexibility index (Phi) is 7.32. The molecule has 0 spiro atoms. The number of carbonyl (C=O) groups excluding carboxylic acids is 1. The second-order valence-corrected chi connectivity index (χ2v) is 8.33. The van der Waals surface area contributed by atoms with Crippen molar-refractivity contribution in [2.45, 2.75) is 25.7 Å². The van der Waals surface area contributed by atoms with Crippen molar-refractivity contribution >= 4 is 16.7 Å². The number of hydrogen-bond donors (Lipinski definition) is 0. The van der Waals surface area contributed by atoms with Crippen LogP contribution in [0.15, 0.2) is 54.6 Å². The molecule has 1 aromatic heterocycles. The molecule has 0 radical (unpaired) electrons. The summed E-state index contributed by atoms with van der Waals surface area (Å²) in [5.41, 5.74) is 1.40. The van der Waals surface area contributed by atoms with Crippen LogP contribution < -0.4 is 9.47 Å². The summed E-state index contributed by atoms with van der Waals surface area (Å²) in [7, 11) is 1.61. The quantitative estimate of drug-likeness (QED) is 0.435. The molecule has 0 amide bonds. The number of benzene rings is 2. The molecule has 1 atom stereocenters. The lowest BCUT2D eigenvalue weighted by Gasteiger charge is -2.32. The van der Waals surface area contributed by atoms with Crippen molar-refractivity contribution in [1.82, 2.24) is 9.88 Å². The molecule has 1 aliphatic rings. The van der Waals surface area contributed by atoms with Gasteiger partial charge in [0, 0.05) is 35.9 Å². The number of para-hydroxylation sites is 1. The molecule has 1 fully saturated rings. The maximum atomic E-state index is 13.0. The van der Waals surface area contributed by atoms with Gasteiger partial charge in [0.25, 0.3) is 0 Å². The van der Waals surface area contributed by atoms with E-state index in [1.54, 1.807) is 19.2 Å². The van der Waals surface area contributed by atoms with Gasteiger partial charge in [0.15, 0.2) is 5.78 Å². The number of aromatic nitrogens is 1. The van der Waals surface area contributed by atoms with Gasteiger partial charge in [0.2, 0.25) is 5.88 Å². The van der Waals surface area contributed by atoms with E-state index in [2.05, 4.69) is 9.88 Å². The third-order valence-electron chi connectivity index (χ3n) is 5.99. The molecule has 5 nitrogen and oxygen atoms in total. The molecule has 32 heavy (non-hydrogen) atoms. The fraction of sp³-hybridized carbons (Fsp3) is 0.385. The molecule has 4 rings (SSSR count). The number of rotatable bonds is 9. The van der Waals surface area contributed by atoms with Gasteiger partial charge in [-0.05, 0) is 68.8 Å². The highest BCUT2D eigenvalue weighted by Crippen LogP contribution is 2.27. The minimum atomic E-state index is -0.318. The predicted octanol–water partition coefficient (Wildman–Crippen LogP) is 5.14. The number of halogens is 1. The Bertz CT molecular complexity index is 1050. The molecular weight excluding hydrogens is 407 g/mol. The van der Waals surface area contributed by atoms with Crippen LogP contribution in [0.2, 0.25) is 0 Å². The highest BCUT2D eigenvalue weighted by molar-refractivity contribution is 5.95. The number of carbonyl (C=O) groups is 1. The van der Waals surface area contributed by atoms with Crippen molar-refractivity contribution in [2.24, 2.45) is 5.92 Å². The van der Waals surface area contributed by atoms with Crippen molar-refractivity contribution in [3.63, 3.8) is 0 Å². The first kappa shape index (κ1) is 22.2. The molecule has 6 heteroatoms. The van der Waals surface area contributed by atoms with Crippen molar-refractivity contribution in [3.8, 4) is 11.6 Å². The van der Waals surface area contributed by atoms with E-state index >= 15 is 0 Å². The maximum Gasteiger partial charge on any atom is 0.213 e. The zero-order valence-corrected chi connectivity index (χ0v) is 18.4. The zero-order chi connectivity index (χ0) is 22.3. The standard InChI is InChI=1S/C26H29FN2O3/c1-31-25-14-11-21-6-2-8-24(26(21)28-25)32-18-19-5-3-15-29(17-19)16-4-7-23(30)20-9-12-22(27)13-10-20/h2,6,8-14,19H,3-5,7,15-18H2,1H3. The zero-order valence-electron chi connectivity index (χ0n) is 18.4. The third-order valence-corrected chi connectivity index (χ3v) is 5.99. The Morgan fingerprint density at radius 3 is 2.81 bits per heavy atom. The molecule has 2 heterocycles. The van der Waals surface area contributed by atoms with E-state index in [0.29, 0.717) is 30.4 Å². The fourth-order valence-electron chi connectivity index (χ4n) is 4.27. The van der Waals surface area contributed by atoms with Gasteiger partial charge in [-0.3, -0.25) is 4.79 Å². The summed E-state index contributed by atoms with van der Waals surface area (Å²) in [4.78, 5) is 19.3. The molecule has 168 valence electrons. The lowest BCUT2D eigenvalue weighted by atomic mass is 9.98. The molecule has 1 saturated heterocycles. The summed E-state index contributed by atoms with van der Waals surface area (Å²) >= 11 is 0. The van der Waals surface area contributed by atoms with Crippen LogP contribution in [-0.4, -0.2) is 49.0 Å². The van der Waals surface area contributed by atoms with Crippen LogP contribution in [0.3, 0.4) is 0 Å². The summed E-state index contributed by atoms with van der Waals surface area (Å²) in [5.74, 6) is 1.55. The molecule has 0 aliphatic carbocycles. The Labute approximate surface area is 188 Å². The van der Waals surface area contributed by atoms with Crippen LogP contribution in [0.4, 0.5) is 4.39 Å². The SMILES string of the molecule is COc1ccc2cccc(OCC3CCCN(CCCC(=O)c4ccc(F)cc4)C3)c2n1. The van der Waals surface area contributed by atoms with Crippen LogP contribution in [0.5, 0.6) is 11.6 Å². The largest absolute Gasteiger partial charge is 0.491 e. The van der Waals surface area contributed by atoms with Crippen LogP contribution in [0.25, 0.3) is 10.9 Å². The number of methoxy groups -OCH3 is 1. The molecule has 1 aliphatic heterocycles. The summed E-state index contributed by atoms with van der Waals surface area (Å²) in [6.45, 7) is 3.54. The Morgan fingerprint density at radius 1 is 1.16 bits per heavy atom. The summed E-state index contributed by atoms with van der Waals surface area (Å²) in [6.07, 6.45) is 3.54. The van der Waals surface area contributed by atoms with E-state index in [9.17, 15) is 9.18 Å². The normalized spacial score (nSPS) is 16.8. The van der Waals surface area contributed by atoms with Gasteiger partial charge >= 0.3 is 0 Å². The average molecular weight is 437 g/mol. The van der Waals surface area contributed by atoms with E-state index < -0.39 is 0 Å². The molecule has 1 unspecified atom stereocenters. The van der Waals surface area contributed by atoms with Gasteiger partial charge in [-0.1, -0.05) is 12.1 Å². The van der Waals surface area contributed by atoms with E-state index in [4.69, 9.17) is 9.47 Å². The fourth-order valence-corrected chi connectivity index (χ4v) is 4.27. The summed E-state index contributed by atoms with van der Waals surface area (Å²) in [5, 5.41) is 1.03. The van der Waals surface area contributed by atoms with Crippen LogP contribution in [-0.2, 0) is 0 Å². The smallest absolute Gasteiger partial charge is 0.213 e. The van der Waals surface area contributed by atoms with Gasteiger partial charge in [-0.25, -0.2) is 9.37 Å². The Morgan fingerprint density at radius 2 is 2.00 bits per heavy atom. The molecular formula is C26H29FN2O3. The average Bonchev–Trinajstić information content (AvgIpc) is 2.83. The first-order valence-corrected chi connectivity index (χ1v) is 11.2. The van der Waals surface area contributed by atoms with Gasteiger partial charge in [0.05, 0.1) is 13.7 Å². The van der Waals surface area contributed by atoms with Crippen LogP contribution >= 0.6 is 0 Å². The number of hydrogen-bond acceptors (Lipinski definition) is 5. The number of piperidine rings is 1. The van der Waals surface area contributed by atoms with E-state index in [0.717, 1.165) is 55.5 Å². The minimum Gasteiger partial charge on any atom is -0.491 e. The number of ether oxygens (including phenoxy) is 2. The maximum absolute atomic E-state index is 13.0. The van der Waals surface area contributed by atoms with Crippen molar-refractivity contribution in [1.29, 1.82) is 0 Å². The highest BCUT2D eigenvalue weighted by Gasteiger charge is 2.21. The van der Waals surface area contributed by atoms with E-state index in [-0.39, 0.29) is 11.6 Å². The van der Waals surface area contributed by atoms with Crippen LogP contribution in [0, 0.1) is 11.7 Å². The number of likely N-dealkylation sites (tertiary alicyclic amines) is 1. The number of fused-ring (bicyclic) bond motifs is 1. The van der Waals surface area contributed by atoms with Gasteiger partial charge in [0.1, 0.15) is 17.1 Å². The highest BCUT2D eigenvalue weighted by atomic mass is 19.1. The number of Topliss-reactive ketones (excluding diaryl/α,β-unsaturated/α-hetero) is 1. The van der Waals surface area contributed by atoms with E-state index in [1.807, 2.05) is 30.3 Å². The summed E-state index contributed by atoms with van der Waals surface area (Å²) < 4.78 is 24.5. The Hall–Kier alpha value is -2.99. The van der Waals surface area contributed by atoms with Crippen LogP contribution in [0.1, 0.15) is 36.0 Å². The topological polar surface area (TPSA) is 51.7 Å². The van der Waals surface area contributed by atoms with Crippen molar-refractivity contribution in [3.05, 3.63) is 66.0 Å². The van der Waals surface area contributed by atoms with Gasteiger partial charge < -0.3 is 14.4 Å². The molecule has 0 saturated carbocycles. The first-order valence-electron chi connectivity index (χ1n) is 11.2. The first-order chi connectivity index (χ1) is 15.6. The second-order valence-electron chi connectivity index (χ2n) is 8.33. The molecule has 0 bridgehead atoms. The molecule has 3 aromatic rings. The van der Waals surface area contributed by atoms with E-state index in [1.165, 1.54) is 12.1 Å². The van der Waals surface area contributed by atoms with Crippen molar-refractivity contribution in [2.75, 3.05) is 33.4 Å². The monoisotopic (exact) mass is 436 g/mol. The predicted molar refractivity (Wildman–Crippen MR) is 123 cm³/mol. The minimum absolute atomic E-state index is 0.0702. The lowest BCUT2D eigenvalue weighted by Crippen LogP contribution is -2.38.